The number of rotatable bonds is 6. The van der Waals surface area contributed by atoms with Crippen LogP contribution in [0.5, 0.6) is 0 Å². The van der Waals surface area contributed by atoms with Gasteiger partial charge in [0.1, 0.15) is 0 Å². The first-order valence-corrected chi connectivity index (χ1v) is 7.85. The molecule has 0 aliphatic heterocycles. The molecule has 104 valence electrons. The van der Waals surface area contributed by atoms with Crippen LogP contribution >= 0.6 is 11.8 Å². The monoisotopic (exact) mass is 279 g/mol. The van der Waals surface area contributed by atoms with Crippen molar-refractivity contribution in [2.75, 3.05) is 12.3 Å². The molecule has 19 heavy (non-hydrogen) atoms. The van der Waals surface area contributed by atoms with E-state index in [1.54, 1.807) is 11.8 Å². The third-order valence-electron chi connectivity index (χ3n) is 3.44. The van der Waals surface area contributed by atoms with E-state index in [4.69, 9.17) is 0 Å². The van der Waals surface area contributed by atoms with Crippen LogP contribution in [-0.4, -0.2) is 29.4 Å². The first kappa shape index (κ1) is 14.4. The van der Waals surface area contributed by atoms with Gasteiger partial charge in [0.05, 0.1) is 6.10 Å². The molecule has 1 aromatic carbocycles. The average Bonchev–Trinajstić information content (AvgIpc) is 2.83. The Bertz CT molecular complexity index is 396. The van der Waals surface area contributed by atoms with E-state index in [0.29, 0.717) is 18.9 Å². The van der Waals surface area contributed by atoms with Gasteiger partial charge in [-0.1, -0.05) is 18.2 Å². The summed E-state index contributed by atoms with van der Waals surface area (Å²) in [5.74, 6) is 1.38. The SMILES string of the molecule is O=C(CCSc1ccccc1)NCC1CCC(O)C1. The van der Waals surface area contributed by atoms with Crippen LogP contribution < -0.4 is 5.32 Å². The number of hydrogen-bond acceptors (Lipinski definition) is 3. The highest BCUT2D eigenvalue weighted by atomic mass is 32.2. The zero-order chi connectivity index (χ0) is 13.5. The molecule has 0 heterocycles. The number of hydrogen-bond donors (Lipinski definition) is 2. The van der Waals surface area contributed by atoms with E-state index in [-0.39, 0.29) is 12.0 Å². The molecule has 1 amide bonds. The molecule has 2 unspecified atom stereocenters. The number of amides is 1. The average molecular weight is 279 g/mol. The number of aliphatic hydroxyl groups excluding tert-OH is 1. The highest BCUT2D eigenvalue weighted by Crippen LogP contribution is 2.24. The smallest absolute Gasteiger partial charge is 0.220 e. The van der Waals surface area contributed by atoms with Gasteiger partial charge in [-0.05, 0) is 37.3 Å². The number of benzene rings is 1. The van der Waals surface area contributed by atoms with Gasteiger partial charge in [0.15, 0.2) is 0 Å². The van der Waals surface area contributed by atoms with Gasteiger partial charge in [-0.3, -0.25) is 4.79 Å². The van der Waals surface area contributed by atoms with Crippen LogP contribution in [0.3, 0.4) is 0 Å². The number of aliphatic hydroxyl groups is 1. The predicted molar refractivity (Wildman–Crippen MR) is 78.1 cm³/mol. The lowest BCUT2D eigenvalue weighted by atomic mass is 10.1. The van der Waals surface area contributed by atoms with Gasteiger partial charge in [0.2, 0.25) is 5.91 Å². The van der Waals surface area contributed by atoms with Gasteiger partial charge in [0.25, 0.3) is 0 Å². The molecular weight excluding hydrogens is 258 g/mol. The molecule has 0 spiro atoms. The van der Waals surface area contributed by atoms with Crippen LogP contribution in [0.25, 0.3) is 0 Å². The second kappa shape index (κ2) is 7.56. The van der Waals surface area contributed by atoms with E-state index in [1.165, 1.54) is 4.90 Å². The van der Waals surface area contributed by atoms with Gasteiger partial charge in [-0.2, -0.15) is 0 Å². The maximum atomic E-state index is 11.7. The summed E-state index contributed by atoms with van der Waals surface area (Å²) in [7, 11) is 0. The lowest BCUT2D eigenvalue weighted by Gasteiger charge is -2.10. The Morgan fingerprint density at radius 2 is 2.11 bits per heavy atom. The number of thioether (sulfide) groups is 1. The lowest BCUT2D eigenvalue weighted by Crippen LogP contribution is -2.28. The fraction of sp³-hybridized carbons (Fsp3) is 0.533. The minimum absolute atomic E-state index is 0.116. The molecule has 3 nitrogen and oxygen atoms in total. The molecule has 2 rings (SSSR count). The molecule has 0 radical (unpaired) electrons. The van der Waals surface area contributed by atoms with Gasteiger partial charge in [0, 0.05) is 23.6 Å². The minimum Gasteiger partial charge on any atom is -0.393 e. The number of carbonyl (C=O) groups excluding carboxylic acids is 1. The Labute approximate surface area is 118 Å². The quantitative estimate of drug-likeness (QED) is 0.786. The zero-order valence-corrected chi connectivity index (χ0v) is 11.9. The van der Waals surface area contributed by atoms with Crippen molar-refractivity contribution >= 4 is 17.7 Å². The second-order valence-corrected chi connectivity index (χ2v) is 6.22. The molecule has 1 fully saturated rings. The summed E-state index contributed by atoms with van der Waals surface area (Å²) >= 11 is 1.71. The summed E-state index contributed by atoms with van der Waals surface area (Å²) in [6.45, 7) is 0.714. The van der Waals surface area contributed by atoms with E-state index in [1.807, 2.05) is 18.2 Å². The molecule has 1 saturated carbocycles. The molecule has 2 atom stereocenters. The van der Waals surface area contributed by atoms with Crippen LogP contribution in [-0.2, 0) is 4.79 Å². The Hall–Kier alpha value is -1.00. The molecule has 0 saturated heterocycles. The lowest BCUT2D eigenvalue weighted by molar-refractivity contribution is -0.120. The maximum Gasteiger partial charge on any atom is 0.220 e. The van der Waals surface area contributed by atoms with Crippen LogP contribution in [0.4, 0.5) is 0 Å². The third-order valence-corrected chi connectivity index (χ3v) is 4.46. The summed E-state index contributed by atoms with van der Waals surface area (Å²) in [5, 5.41) is 12.4. The van der Waals surface area contributed by atoms with Crippen LogP contribution in [0.1, 0.15) is 25.7 Å². The second-order valence-electron chi connectivity index (χ2n) is 5.05. The summed E-state index contributed by atoms with van der Waals surface area (Å²) in [6.07, 6.45) is 3.13. The molecule has 1 aromatic rings. The van der Waals surface area contributed by atoms with Gasteiger partial charge in [-0.25, -0.2) is 0 Å². The number of carbonyl (C=O) groups is 1. The van der Waals surface area contributed by atoms with E-state index in [2.05, 4.69) is 17.4 Å². The van der Waals surface area contributed by atoms with Crippen LogP contribution in [0.2, 0.25) is 0 Å². The molecule has 1 aliphatic carbocycles. The van der Waals surface area contributed by atoms with Crippen molar-refractivity contribution in [2.24, 2.45) is 5.92 Å². The van der Waals surface area contributed by atoms with E-state index >= 15 is 0 Å². The first-order valence-electron chi connectivity index (χ1n) is 6.86. The van der Waals surface area contributed by atoms with E-state index in [9.17, 15) is 9.90 Å². The largest absolute Gasteiger partial charge is 0.393 e. The molecular formula is C15H21NO2S. The molecule has 2 N–H and O–H groups in total. The minimum atomic E-state index is -0.157. The molecule has 0 aromatic heterocycles. The van der Waals surface area contributed by atoms with Crippen molar-refractivity contribution in [1.82, 2.24) is 5.32 Å². The number of nitrogens with one attached hydrogen (secondary N) is 1. The Morgan fingerprint density at radius 1 is 1.32 bits per heavy atom. The summed E-state index contributed by atoms with van der Waals surface area (Å²) in [6, 6.07) is 10.1. The van der Waals surface area contributed by atoms with Crippen molar-refractivity contribution < 1.29 is 9.90 Å². The molecule has 4 heteroatoms. The normalized spacial score (nSPS) is 22.4. The summed E-state index contributed by atoms with van der Waals surface area (Å²) < 4.78 is 0. The van der Waals surface area contributed by atoms with Gasteiger partial charge in [-0.15, -0.1) is 11.8 Å². The highest BCUT2D eigenvalue weighted by Gasteiger charge is 2.22. The standard InChI is InChI=1S/C15H21NO2S/c17-13-7-6-12(10-13)11-16-15(18)8-9-19-14-4-2-1-3-5-14/h1-5,12-13,17H,6-11H2,(H,16,18). The topological polar surface area (TPSA) is 49.3 Å². The summed E-state index contributed by atoms with van der Waals surface area (Å²) in [5.41, 5.74) is 0. The Kier molecular flexibility index (Phi) is 5.73. The zero-order valence-electron chi connectivity index (χ0n) is 11.0. The highest BCUT2D eigenvalue weighted by molar-refractivity contribution is 7.99. The van der Waals surface area contributed by atoms with Crippen LogP contribution in [0, 0.1) is 5.92 Å². The van der Waals surface area contributed by atoms with Crippen LogP contribution in [0.15, 0.2) is 35.2 Å². The van der Waals surface area contributed by atoms with Crippen molar-refractivity contribution in [2.45, 2.75) is 36.7 Å². The first-order chi connectivity index (χ1) is 9.24. The summed E-state index contributed by atoms with van der Waals surface area (Å²) in [4.78, 5) is 12.9. The van der Waals surface area contributed by atoms with E-state index in [0.717, 1.165) is 25.0 Å². The molecule has 0 bridgehead atoms. The molecule has 1 aliphatic rings. The third kappa shape index (κ3) is 5.25. The Balaban J connectivity index is 1.57. The van der Waals surface area contributed by atoms with Crippen molar-refractivity contribution in [1.29, 1.82) is 0 Å². The maximum absolute atomic E-state index is 11.7. The van der Waals surface area contributed by atoms with Crippen molar-refractivity contribution in [3.8, 4) is 0 Å². The van der Waals surface area contributed by atoms with Crippen molar-refractivity contribution in [3.63, 3.8) is 0 Å². The fourth-order valence-corrected chi connectivity index (χ4v) is 3.23. The Morgan fingerprint density at radius 3 is 2.79 bits per heavy atom. The van der Waals surface area contributed by atoms with E-state index < -0.39 is 0 Å². The fourth-order valence-electron chi connectivity index (χ4n) is 2.36. The predicted octanol–water partition coefficient (Wildman–Crippen LogP) is 2.45. The van der Waals surface area contributed by atoms with Gasteiger partial charge < -0.3 is 10.4 Å². The van der Waals surface area contributed by atoms with Crippen molar-refractivity contribution in [3.05, 3.63) is 30.3 Å². The van der Waals surface area contributed by atoms with Gasteiger partial charge >= 0.3 is 0 Å².